The summed E-state index contributed by atoms with van der Waals surface area (Å²) in [6, 6.07) is 5.90. The number of nitrogens with zero attached hydrogens (tertiary/aromatic N) is 3. The van der Waals surface area contributed by atoms with Crippen molar-refractivity contribution in [1.82, 2.24) is 9.97 Å². The molecule has 4 heteroatoms. The zero-order valence-electron chi connectivity index (χ0n) is 7.56. The van der Waals surface area contributed by atoms with E-state index >= 15 is 0 Å². The van der Waals surface area contributed by atoms with Crippen molar-refractivity contribution in [3.63, 3.8) is 0 Å². The lowest BCUT2D eigenvalue weighted by Gasteiger charge is -1.91. The molecule has 0 atom stereocenters. The second-order valence-corrected chi connectivity index (χ2v) is 3.78. The second kappa shape index (κ2) is 3.56. The highest BCUT2D eigenvalue weighted by molar-refractivity contribution is 7.15. The molecular formula is C10H7N3S. The van der Waals surface area contributed by atoms with Crippen LogP contribution in [0, 0.1) is 18.3 Å². The molecule has 3 nitrogen and oxygen atoms in total. The summed E-state index contributed by atoms with van der Waals surface area (Å²) in [5.74, 6) is 0. The molecule has 0 fully saturated rings. The van der Waals surface area contributed by atoms with Gasteiger partial charge < -0.3 is 0 Å². The van der Waals surface area contributed by atoms with Gasteiger partial charge in [-0.3, -0.25) is 4.98 Å². The average molecular weight is 201 g/mol. The van der Waals surface area contributed by atoms with Gasteiger partial charge in [-0.05, 0) is 19.1 Å². The van der Waals surface area contributed by atoms with Crippen molar-refractivity contribution in [2.75, 3.05) is 0 Å². The number of aryl methyl sites for hydroxylation is 1. The number of hydrogen-bond donors (Lipinski definition) is 0. The molecule has 0 aliphatic heterocycles. The van der Waals surface area contributed by atoms with Crippen molar-refractivity contribution in [2.24, 2.45) is 0 Å². The zero-order chi connectivity index (χ0) is 9.97. The topological polar surface area (TPSA) is 49.6 Å². The molecule has 0 unspecified atom stereocenters. The highest BCUT2D eigenvalue weighted by atomic mass is 32.1. The summed E-state index contributed by atoms with van der Waals surface area (Å²) in [5.41, 5.74) is 1.80. The Bertz CT molecular complexity index is 482. The summed E-state index contributed by atoms with van der Waals surface area (Å²) in [5, 5.41) is 9.66. The van der Waals surface area contributed by atoms with E-state index in [-0.39, 0.29) is 0 Å². The molecule has 14 heavy (non-hydrogen) atoms. The van der Waals surface area contributed by atoms with Crippen LogP contribution in [0.1, 0.15) is 10.6 Å². The molecule has 0 bridgehead atoms. The van der Waals surface area contributed by atoms with Crippen LogP contribution >= 0.6 is 11.3 Å². The normalized spacial score (nSPS) is 9.71. The highest BCUT2D eigenvalue weighted by Crippen LogP contribution is 2.26. The molecule has 2 aromatic rings. The maximum atomic E-state index is 8.79. The molecule has 0 aliphatic rings. The molecule has 0 radical (unpaired) electrons. The number of pyridine rings is 1. The Kier molecular flexibility index (Phi) is 2.25. The first-order valence-electron chi connectivity index (χ1n) is 4.09. The molecule has 0 saturated carbocycles. The maximum absolute atomic E-state index is 8.79. The van der Waals surface area contributed by atoms with E-state index in [4.69, 9.17) is 5.26 Å². The van der Waals surface area contributed by atoms with Crippen molar-refractivity contribution < 1.29 is 0 Å². The van der Waals surface area contributed by atoms with E-state index in [9.17, 15) is 0 Å². The van der Waals surface area contributed by atoms with Crippen LogP contribution in [0.2, 0.25) is 0 Å². The predicted molar refractivity (Wildman–Crippen MR) is 54.8 cm³/mol. The first-order valence-corrected chi connectivity index (χ1v) is 4.91. The third-order valence-corrected chi connectivity index (χ3v) is 2.94. The summed E-state index contributed by atoms with van der Waals surface area (Å²) >= 11 is 1.41. The molecule has 0 saturated heterocycles. The van der Waals surface area contributed by atoms with Gasteiger partial charge in [-0.1, -0.05) is 0 Å². The van der Waals surface area contributed by atoms with Gasteiger partial charge in [-0.2, -0.15) is 5.26 Å². The van der Waals surface area contributed by atoms with Crippen LogP contribution in [0.25, 0.3) is 10.6 Å². The molecule has 0 N–H and O–H groups in total. The molecule has 0 amide bonds. The lowest BCUT2D eigenvalue weighted by Crippen LogP contribution is -1.77. The Balaban J connectivity index is 2.50. The summed E-state index contributed by atoms with van der Waals surface area (Å²) < 4.78 is 0. The van der Waals surface area contributed by atoms with Crippen LogP contribution in [0.4, 0.5) is 0 Å². The SMILES string of the molecule is Cc1nc(-c2ccncc2)sc1C#N. The Morgan fingerprint density at radius 1 is 1.36 bits per heavy atom. The summed E-state index contributed by atoms with van der Waals surface area (Å²) in [6.45, 7) is 1.85. The largest absolute Gasteiger partial charge is 0.265 e. The molecule has 2 rings (SSSR count). The van der Waals surface area contributed by atoms with Crippen molar-refractivity contribution in [1.29, 1.82) is 5.26 Å². The Labute approximate surface area is 85.7 Å². The lowest BCUT2D eigenvalue weighted by atomic mass is 10.3. The Hall–Kier alpha value is -1.73. The van der Waals surface area contributed by atoms with E-state index < -0.39 is 0 Å². The number of rotatable bonds is 1. The van der Waals surface area contributed by atoms with Crippen LogP contribution in [0.15, 0.2) is 24.5 Å². The van der Waals surface area contributed by atoms with E-state index in [1.54, 1.807) is 12.4 Å². The smallest absolute Gasteiger partial charge is 0.128 e. The minimum absolute atomic E-state index is 0.678. The minimum Gasteiger partial charge on any atom is -0.265 e. The van der Waals surface area contributed by atoms with Gasteiger partial charge >= 0.3 is 0 Å². The Morgan fingerprint density at radius 2 is 2.07 bits per heavy atom. The monoisotopic (exact) mass is 201 g/mol. The molecule has 0 spiro atoms. The fourth-order valence-electron chi connectivity index (χ4n) is 1.12. The fraction of sp³-hybridized carbons (Fsp3) is 0.100. The number of hydrogen-bond acceptors (Lipinski definition) is 4. The highest BCUT2D eigenvalue weighted by Gasteiger charge is 2.07. The first-order chi connectivity index (χ1) is 6.81. The molecule has 2 aromatic heterocycles. The summed E-state index contributed by atoms with van der Waals surface area (Å²) in [4.78, 5) is 8.93. The first kappa shape index (κ1) is 8.85. The lowest BCUT2D eigenvalue weighted by molar-refractivity contribution is 1.24. The molecule has 68 valence electrons. The fourth-order valence-corrected chi connectivity index (χ4v) is 1.99. The van der Waals surface area contributed by atoms with E-state index in [0.717, 1.165) is 16.3 Å². The van der Waals surface area contributed by atoms with Gasteiger partial charge in [-0.25, -0.2) is 4.98 Å². The second-order valence-electron chi connectivity index (χ2n) is 2.78. The molecule has 2 heterocycles. The van der Waals surface area contributed by atoms with Crippen molar-refractivity contribution >= 4 is 11.3 Å². The molecule has 0 aromatic carbocycles. The van der Waals surface area contributed by atoms with Crippen molar-refractivity contribution in [3.8, 4) is 16.6 Å². The summed E-state index contributed by atoms with van der Waals surface area (Å²) in [7, 11) is 0. The summed E-state index contributed by atoms with van der Waals surface area (Å²) in [6.07, 6.45) is 3.44. The van der Waals surface area contributed by atoms with Gasteiger partial charge in [0.1, 0.15) is 16.0 Å². The van der Waals surface area contributed by atoms with E-state index in [1.807, 2.05) is 19.1 Å². The van der Waals surface area contributed by atoms with Gasteiger partial charge in [-0.15, -0.1) is 11.3 Å². The zero-order valence-corrected chi connectivity index (χ0v) is 8.38. The van der Waals surface area contributed by atoms with Gasteiger partial charge in [0.2, 0.25) is 0 Å². The molecular weight excluding hydrogens is 194 g/mol. The minimum atomic E-state index is 0.678. The standard InChI is InChI=1S/C10H7N3S/c1-7-9(6-11)14-10(13-7)8-2-4-12-5-3-8/h2-5H,1H3. The third-order valence-electron chi connectivity index (χ3n) is 1.83. The van der Waals surface area contributed by atoms with Crippen LogP contribution < -0.4 is 0 Å². The van der Waals surface area contributed by atoms with Gasteiger partial charge in [0, 0.05) is 18.0 Å². The molecule has 0 aliphatic carbocycles. The van der Waals surface area contributed by atoms with E-state index in [2.05, 4.69) is 16.0 Å². The number of thiazole rings is 1. The van der Waals surface area contributed by atoms with Gasteiger partial charge in [0.15, 0.2) is 0 Å². The average Bonchev–Trinajstić information content (AvgIpc) is 2.61. The predicted octanol–water partition coefficient (Wildman–Crippen LogP) is 2.39. The van der Waals surface area contributed by atoms with E-state index in [1.165, 1.54) is 11.3 Å². The quantitative estimate of drug-likeness (QED) is 0.711. The number of nitriles is 1. The van der Waals surface area contributed by atoms with Crippen molar-refractivity contribution in [2.45, 2.75) is 6.92 Å². The maximum Gasteiger partial charge on any atom is 0.128 e. The van der Waals surface area contributed by atoms with Crippen LogP contribution in [-0.2, 0) is 0 Å². The van der Waals surface area contributed by atoms with Crippen LogP contribution in [-0.4, -0.2) is 9.97 Å². The van der Waals surface area contributed by atoms with Crippen LogP contribution in [0.3, 0.4) is 0 Å². The van der Waals surface area contributed by atoms with Crippen LogP contribution in [0.5, 0.6) is 0 Å². The van der Waals surface area contributed by atoms with Gasteiger partial charge in [0.25, 0.3) is 0 Å². The third kappa shape index (κ3) is 1.50. The van der Waals surface area contributed by atoms with Gasteiger partial charge in [0.05, 0.1) is 5.69 Å². The van der Waals surface area contributed by atoms with Crippen molar-refractivity contribution in [3.05, 3.63) is 35.1 Å². The van der Waals surface area contributed by atoms with E-state index in [0.29, 0.717) is 4.88 Å². The number of aromatic nitrogens is 2. The Morgan fingerprint density at radius 3 is 2.64 bits per heavy atom.